The Labute approximate surface area is 127 Å². The molecule has 0 fully saturated rings. The summed E-state index contributed by atoms with van der Waals surface area (Å²) >= 11 is 1.48. The van der Waals surface area contributed by atoms with Crippen molar-refractivity contribution in [3.8, 4) is 0 Å². The molecule has 0 radical (unpaired) electrons. The van der Waals surface area contributed by atoms with E-state index >= 15 is 0 Å². The van der Waals surface area contributed by atoms with E-state index in [-0.39, 0.29) is 5.91 Å². The Balaban J connectivity index is 1.74. The molecular weight excluding hydrogens is 280 g/mol. The van der Waals surface area contributed by atoms with Crippen LogP contribution in [0, 0.1) is 6.92 Å². The Morgan fingerprint density at radius 2 is 1.95 bits per heavy atom. The quantitative estimate of drug-likeness (QED) is 0.733. The van der Waals surface area contributed by atoms with Crippen LogP contribution in [0.15, 0.2) is 54.6 Å². The number of hydrogen-bond donors (Lipinski definition) is 1. The number of rotatable bonds is 3. The van der Waals surface area contributed by atoms with Crippen molar-refractivity contribution >= 4 is 38.7 Å². The molecule has 0 spiro atoms. The van der Waals surface area contributed by atoms with Crippen molar-refractivity contribution in [1.82, 2.24) is 4.98 Å². The van der Waals surface area contributed by atoms with E-state index in [2.05, 4.69) is 10.3 Å². The van der Waals surface area contributed by atoms with Crippen molar-refractivity contribution in [3.63, 3.8) is 0 Å². The summed E-state index contributed by atoms with van der Waals surface area (Å²) in [4.78, 5) is 16.4. The van der Waals surface area contributed by atoms with Crippen LogP contribution in [-0.2, 0) is 4.79 Å². The molecule has 4 heteroatoms. The number of para-hydroxylation sites is 1. The molecule has 2 aromatic carbocycles. The summed E-state index contributed by atoms with van der Waals surface area (Å²) in [7, 11) is 0. The van der Waals surface area contributed by atoms with Gasteiger partial charge in [-0.1, -0.05) is 53.8 Å². The number of thiazole rings is 1. The Morgan fingerprint density at radius 1 is 1.14 bits per heavy atom. The number of amides is 1. The molecule has 1 heterocycles. The first-order chi connectivity index (χ1) is 10.2. The van der Waals surface area contributed by atoms with Gasteiger partial charge in [-0.05, 0) is 30.2 Å². The lowest BCUT2D eigenvalue weighted by molar-refractivity contribution is -0.111. The SMILES string of the molecule is Cc1cccc2sc(NC(=O)C=Cc3ccccc3)nc12. The molecular formula is C17H14N2OS. The van der Waals surface area contributed by atoms with Crippen molar-refractivity contribution in [1.29, 1.82) is 0 Å². The second-order valence-corrected chi connectivity index (χ2v) is 5.70. The number of fused-ring (bicyclic) bond motifs is 1. The average molecular weight is 294 g/mol. The summed E-state index contributed by atoms with van der Waals surface area (Å²) in [6.45, 7) is 2.02. The standard InChI is InChI=1S/C17H14N2OS/c1-12-6-5-9-14-16(12)19-17(21-14)18-15(20)11-10-13-7-3-2-4-8-13/h2-11H,1H3,(H,18,19,20). The molecule has 0 saturated carbocycles. The Morgan fingerprint density at radius 3 is 2.71 bits per heavy atom. The summed E-state index contributed by atoms with van der Waals surface area (Å²) in [6, 6.07) is 15.7. The maximum atomic E-state index is 11.9. The van der Waals surface area contributed by atoms with Crippen LogP contribution in [0.25, 0.3) is 16.3 Å². The van der Waals surface area contributed by atoms with Crippen molar-refractivity contribution in [3.05, 3.63) is 65.7 Å². The highest BCUT2D eigenvalue weighted by Crippen LogP contribution is 2.27. The minimum absolute atomic E-state index is 0.171. The lowest BCUT2D eigenvalue weighted by Crippen LogP contribution is -2.07. The van der Waals surface area contributed by atoms with Gasteiger partial charge >= 0.3 is 0 Å². The zero-order valence-electron chi connectivity index (χ0n) is 11.5. The summed E-state index contributed by atoms with van der Waals surface area (Å²) < 4.78 is 1.08. The maximum absolute atomic E-state index is 11.9. The van der Waals surface area contributed by atoms with Gasteiger partial charge in [-0.15, -0.1) is 0 Å². The highest BCUT2D eigenvalue weighted by molar-refractivity contribution is 7.22. The molecule has 3 aromatic rings. The van der Waals surface area contributed by atoms with Gasteiger partial charge in [0.2, 0.25) is 5.91 Å². The van der Waals surface area contributed by atoms with Crippen molar-refractivity contribution < 1.29 is 4.79 Å². The molecule has 0 aliphatic carbocycles. The molecule has 0 aliphatic rings. The molecule has 104 valence electrons. The monoisotopic (exact) mass is 294 g/mol. The fraction of sp³-hybridized carbons (Fsp3) is 0.0588. The lowest BCUT2D eigenvalue weighted by atomic mass is 10.2. The first-order valence-electron chi connectivity index (χ1n) is 6.62. The van der Waals surface area contributed by atoms with E-state index in [4.69, 9.17) is 0 Å². The van der Waals surface area contributed by atoms with Crippen LogP contribution in [0.2, 0.25) is 0 Å². The van der Waals surface area contributed by atoms with E-state index in [0.717, 1.165) is 21.3 Å². The molecule has 1 amide bonds. The van der Waals surface area contributed by atoms with Gasteiger partial charge < -0.3 is 0 Å². The largest absolute Gasteiger partial charge is 0.298 e. The van der Waals surface area contributed by atoms with E-state index in [1.165, 1.54) is 17.4 Å². The number of nitrogens with one attached hydrogen (secondary N) is 1. The fourth-order valence-corrected chi connectivity index (χ4v) is 2.97. The number of hydrogen-bond acceptors (Lipinski definition) is 3. The zero-order valence-corrected chi connectivity index (χ0v) is 12.4. The van der Waals surface area contributed by atoms with Gasteiger partial charge in [0.1, 0.15) is 0 Å². The fourth-order valence-electron chi connectivity index (χ4n) is 2.02. The van der Waals surface area contributed by atoms with E-state index in [1.54, 1.807) is 6.08 Å². The topological polar surface area (TPSA) is 42.0 Å². The Hall–Kier alpha value is -2.46. The first-order valence-corrected chi connectivity index (χ1v) is 7.44. The number of aryl methyl sites for hydroxylation is 1. The van der Waals surface area contributed by atoms with Crippen molar-refractivity contribution in [2.24, 2.45) is 0 Å². The van der Waals surface area contributed by atoms with E-state index in [1.807, 2.05) is 55.5 Å². The molecule has 1 N–H and O–H groups in total. The van der Waals surface area contributed by atoms with Gasteiger partial charge in [0, 0.05) is 6.08 Å². The summed E-state index contributed by atoms with van der Waals surface area (Å²) in [5.74, 6) is -0.171. The van der Waals surface area contributed by atoms with Crippen LogP contribution < -0.4 is 5.32 Å². The van der Waals surface area contributed by atoms with Crippen molar-refractivity contribution in [2.75, 3.05) is 5.32 Å². The van der Waals surface area contributed by atoms with Crippen LogP contribution in [0.1, 0.15) is 11.1 Å². The maximum Gasteiger partial charge on any atom is 0.250 e. The highest BCUT2D eigenvalue weighted by atomic mass is 32.1. The van der Waals surface area contributed by atoms with Gasteiger partial charge in [-0.2, -0.15) is 0 Å². The zero-order chi connectivity index (χ0) is 14.7. The van der Waals surface area contributed by atoms with Gasteiger partial charge in [0.25, 0.3) is 0 Å². The third-order valence-corrected chi connectivity index (χ3v) is 4.01. The molecule has 21 heavy (non-hydrogen) atoms. The molecule has 1 aromatic heterocycles. The van der Waals surface area contributed by atoms with Gasteiger partial charge in [-0.3, -0.25) is 10.1 Å². The van der Waals surface area contributed by atoms with Crippen molar-refractivity contribution in [2.45, 2.75) is 6.92 Å². The van der Waals surface area contributed by atoms with Crippen LogP contribution in [-0.4, -0.2) is 10.9 Å². The van der Waals surface area contributed by atoms with E-state index in [9.17, 15) is 4.79 Å². The van der Waals surface area contributed by atoms with Gasteiger partial charge in [-0.25, -0.2) is 4.98 Å². The number of nitrogens with zero attached hydrogens (tertiary/aromatic N) is 1. The van der Waals surface area contributed by atoms with Gasteiger partial charge in [0.15, 0.2) is 5.13 Å². The number of carbonyl (C=O) groups is 1. The minimum atomic E-state index is -0.171. The minimum Gasteiger partial charge on any atom is -0.298 e. The Bertz CT molecular complexity index is 806. The molecule has 3 rings (SSSR count). The van der Waals surface area contributed by atoms with Crippen LogP contribution in [0.5, 0.6) is 0 Å². The summed E-state index contributed by atoms with van der Waals surface area (Å²) in [5, 5.41) is 3.44. The molecule has 0 unspecified atom stereocenters. The van der Waals surface area contributed by atoms with E-state index < -0.39 is 0 Å². The van der Waals surface area contributed by atoms with Crippen LogP contribution >= 0.6 is 11.3 Å². The van der Waals surface area contributed by atoms with E-state index in [0.29, 0.717) is 5.13 Å². The second kappa shape index (κ2) is 5.89. The number of benzene rings is 2. The molecule has 0 bridgehead atoms. The normalized spacial score (nSPS) is 11.1. The third-order valence-electron chi connectivity index (χ3n) is 3.08. The number of aromatic nitrogens is 1. The lowest BCUT2D eigenvalue weighted by Gasteiger charge is -1.95. The first kappa shape index (κ1) is 13.5. The van der Waals surface area contributed by atoms with Crippen LogP contribution in [0.4, 0.5) is 5.13 Å². The number of anilines is 1. The second-order valence-electron chi connectivity index (χ2n) is 4.67. The molecule has 0 aliphatic heterocycles. The molecule has 0 atom stereocenters. The molecule has 0 saturated heterocycles. The number of carbonyl (C=O) groups excluding carboxylic acids is 1. The predicted octanol–water partition coefficient (Wildman–Crippen LogP) is 4.26. The average Bonchev–Trinajstić information content (AvgIpc) is 2.90. The summed E-state index contributed by atoms with van der Waals surface area (Å²) in [5.41, 5.74) is 3.06. The summed E-state index contributed by atoms with van der Waals surface area (Å²) in [6.07, 6.45) is 3.31. The van der Waals surface area contributed by atoms with Crippen LogP contribution in [0.3, 0.4) is 0 Å². The predicted molar refractivity (Wildman–Crippen MR) is 88.5 cm³/mol. The van der Waals surface area contributed by atoms with Gasteiger partial charge in [0.05, 0.1) is 10.2 Å². The smallest absolute Gasteiger partial charge is 0.250 e. The molecule has 3 nitrogen and oxygen atoms in total. The highest BCUT2D eigenvalue weighted by Gasteiger charge is 2.07. The Kier molecular flexibility index (Phi) is 3.79. The third kappa shape index (κ3) is 3.17.